The van der Waals surface area contributed by atoms with Crippen LogP contribution in [0.1, 0.15) is 23.5 Å². The number of amides is 1. The molecule has 1 saturated heterocycles. The van der Waals surface area contributed by atoms with E-state index in [1.54, 1.807) is 0 Å². The SMILES string of the molecule is O=C1C[C@H]2c3cccc4[nH]cc(c34)C[C@@H]2N1. The summed E-state index contributed by atoms with van der Waals surface area (Å²) in [7, 11) is 0. The minimum atomic E-state index is 0.195. The molecule has 2 atom stereocenters. The van der Waals surface area contributed by atoms with Crippen LogP contribution in [0.4, 0.5) is 0 Å². The minimum absolute atomic E-state index is 0.195. The van der Waals surface area contributed by atoms with Crippen molar-refractivity contribution in [2.24, 2.45) is 0 Å². The molecule has 0 radical (unpaired) electrons. The van der Waals surface area contributed by atoms with Gasteiger partial charge in [-0.3, -0.25) is 4.79 Å². The predicted octanol–water partition coefficient (Wildman–Crippen LogP) is 1.70. The van der Waals surface area contributed by atoms with Crippen molar-refractivity contribution in [1.82, 2.24) is 10.3 Å². The van der Waals surface area contributed by atoms with Crippen LogP contribution in [0.5, 0.6) is 0 Å². The third kappa shape index (κ3) is 0.907. The smallest absolute Gasteiger partial charge is 0.220 e. The van der Waals surface area contributed by atoms with Crippen molar-refractivity contribution >= 4 is 16.8 Å². The second kappa shape index (κ2) is 2.67. The summed E-state index contributed by atoms with van der Waals surface area (Å²) < 4.78 is 0. The second-order valence-corrected chi connectivity index (χ2v) is 4.77. The molecule has 0 bridgehead atoms. The number of fused-ring (bicyclic) bond motifs is 2. The highest BCUT2D eigenvalue weighted by molar-refractivity contribution is 5.91. The van der Waals surface area contributed by atoms with Crippen molar-refractivity contribution in [2.75, 3.05) is 0 Å². The van der Waals surface area contributed by atoms with Crippen LogP contribution in [0, 0.1) is 0 Å². The number of rotatable bonds is 0. The van der Waals surface area contributed by atoms with E-state index in [-0.39, 0.29) is 5.91 Å². The fraction of sp³-hybridized carbons (Fsp3) is 0.308. The summed E-state index contributed by atoms with van der Waals surface area (Å²) >= 11 is 0. The predicted molar refractivity (Wildman–Crippen MR) is 61.3 cm³/mol. The molecule has 4 rings (SSSR count). The standard InChI is InChI=1S/C13H12N2O/c16-12-5-9-8-2-1-3-10-13(8)7(6-14-10)4-11(9)15-12/h1-3,6,9,11,14H,4-5H2,(H,15,16)/t9-,11-/m0/s1. The Bertz CT molecular complexity index is 599. The van der Waals surface area contributed by atoms with Crippen LogP contribution in [0.2, 0.25) is 0 Å². The number of aromatic amines is 1. The quantitative estimate of drug-likeness (QED) is 0.686. The van der Waals surface area contributed by atoms with Crippen LogP contribution < -0.4 is 5.32 Å². The number of aromatic nitrogens is 1. The van der Waals surface area contributed by atoms with Crippen molar-refractivity contribution < 1.29 is 4.79 Å². The Morgan fingerprint density at radius 1 is 1.25 bits per heavy atom. The molecule has 2 aliphatic rings. The van der Waals surface area contributed by atoms with Crippen LogP contribution in [0.3, 0.4) is 0 Å². The molecule has 3 heteroatoms. The van der Waals surface area contributed by atoms with Gasteiger partial charge in [-0.05, 0) is 23.6 Å². The van der Waals surface area contributed by atoms with E-state index in [2.05, 4.69) is 34.7 Å². The van der Waals surface area contributed by atoms with Gasteiger partial charge < -0.3 is 10.3 Å². The Kier molecular flexibility index (Phi) is 1.40. The molecule has 1 aliphatic heterocycles. The first-order valence-electron chi connectivity index (χ1n) is 5.71. The normalized spacial score (nSPS) is 26.9. The topological polar surface area (TPSA) is 44.9 Å². The molecule has 0 saturated carbocycles. The Morgan fingerprint density at radius 3 is 3.12 bits per heavy atom. The fourth-order valence-corrected chi connectivity index (χ4v) is 3.22. The zero-order valence-corrected chi connectivity index (χ0v) is 8.79. The van der Waals surface area contributed by atoms with E-state index in [9.17, 15) is 4.79 Å². The maximum absolute atomic E-state index is 11.5. The van der Waals surface area contributed by atoms with Gasteiger partial charge in [-0.2, -0.15) is 0 Å². The van der Waals surface area contributed by atoms with Crippen molar-refractivity contribution in [3.05, 3.63) is 35.5 Å². The van der Waals surface area contributed by atoms with Crippen molar-refractivity contribution in [1.29, 1.82) is 0 Å². The van der Waals surface area contributed by atoms with Crippen molar-refractivity contribution in [3.8, 4) is 0 Å². The van der Waals surface area contributed by atoms with E-state index in [1.165, 1.54) is 22.0 Å². The zero-order chi connectivity index (χ0) is 10.7. The Morgan fingerprint density at radius 2 is 2.19 bits per heavy atom. The molecule has 1 aromatic carbocycles. The van der Waals surface area contributed by atoms with Gasteiger partial charge in [0.05, 0.1) is 0 Å². The monoisotopic (exact) mass is 212 g/mol. The molecule has 1 amide bonds. The summed E-state index contributed by atoms with van der Waals surface area (Å²) in [6.45, 7) is 0. The van der Waals surface area contributed by atoms with Gasteiger partial charge >= 0.3 is 0 Å². The number of carbonyl (C=O) groups is 1. The minimum Gasteiger partial charge on any atom is -0.361 e. The maximum Gasteiger partial charge on any atom is 0.220 e. The Balaban J connectivity index is 2.02. The second-order valence-electron chi connectivity index (χ2n) is 4.77. The van der Waals surface area contributed by atoms with E-state index in [1.807, 2.05) is 0 Å². The Labute approximate surface area is 92.8 Å². The average Bonchev–Trinajstić information content (AvgIpc) is 2.84. The summed E-state index contributed by atoms with van der Waals surface area (Å²) in [5, 5.41) is 4.42. The van der Waals surface area contributed by atoms with Gasteiger partial charge in [-0.25, -0.2) is 0 Å². The van der Waals surface area contributed by atoms with Crippen LogP contribution in [0.15, 0.2) is 24.4 Å². The molecule has 1 aromatic heterocycles. The van der Waals surface area contributed by atoms with E-state index in [0.717, 1.165) is 6.42 Å². The molecule has 3 nitrogen and oxygen atoms in total. The first kappa shape index (κ1) is 8.39. The average molecular weight is 212 g/mol. The zero-order valence-electron chi connectivity index (χ0n) is 8.79. The highest BCUT2D eigenvalue weighted by Crippen LogP contribution is 2.40. The van der Waals surface area contributed by atoms with Gasteiger partial charge in [0.2, 0.25) is 5.91 Å². The summed E-state index contributed by atoms with van der Waals surface area (Å²) in [4.78, 5) is 14.8. The number of hydrogen-bond donors (Lipinski definition) is 2. The van der Waals surface area contributed by atoms with Crippen molar-refractivity contribution in [2.45, 2.75) is 24.8 Å². The van der Waals surface area contributed by atoms with E-state index in [4.69, 9.17) is 0 Å². The largest absolute Gasteiger partial charge is 0.361 e. The van der Waals surface area contributed by atoms with Gasteiger partial charge in [0.15, 0.2) is 0 Å². The lowest BCUT2D eigenvalue weighted by Gasteiger charge is -2.25. The molecule has 0 spiro atoms. The number of carbonyl (C=O) groups excluding carboxylic acids is 1. The fourth-order valence-electron chi connectivity index (χ4n) is 3.22. The molecule has 1 aliphatic carbocycles. The van der Waals surface area contributed by atoms with Gasteiger partial charge in [-0.1, -0.05) is 12.1 Å². The highest BCUT2D eigenvalue weighted by atomic mass is 16.2. The van der Waals surface area contributed by atoms with Crippen LogP contribution in [-0.2, 0) is 11.2 Å². The molecular weight excluding hydrogens is 200 g/mol. The number of benzene rings is 1. The molecule has 2 aromatic rings. The van der Waals surface area contributed by atoms with E-state index < -0.39 is 0 Å². The maximum atomic E-state index is 11.5. The summed E-state index contributed by atoms with van der Waals surface area (Å²) in [6.07, 6.45) is 3.69. The van der Waals surface area contributed by atoms with Gasteiger partial charge in [-0.15, -0.1) is 0 Å². The number of H-pyrrole nitrogens is 1. The van der Waals surface area contributed by atoms with Crippen LogP contribution in [0.25, 0.3) is 10.9 Å². The molecule has 0 unspecified atom stereocenters. The van der Waals surface area contributed by atoms with Gasteiger partial charge in [0.25, 0.3) is 0 Å². The van der Waals surface area contributed by atoms with Crippen LogP contribution in [-0.4, -0.2) is 16.9 Å². The molecule has 2 N–H and O–H groups in total. The third-order valence-corrected chi connectivity index (χ3v) is 3.90. The van der Waals surface area contributed by atoms with Gasteiger partial charge in [0.1, 0.15) is 0 Å². The first-order chi connectivity index (χ1) is 7.83. The molecule has 2 heterocycles. The summed E-state index contributed by atoms with van der Waals surface area (Å²) in [5.41, 5.74) is 3.88. The molecule has 80 valence electrons. The lowest BCUT2D eigenvalue weighted by atomic mass is 9.81. The third-order valence-electron chi connectivity index (χ3n) is 3.90. The number of nitrogens with one attached hydrogen (secondary N) is 2. The molecule has 1 fully saturated rings. The summed E-state index contributed by atoms with van der Waals surface area (Å²) in [5.74, 6) is 0.570. The molecule has 16 heavy (non-hydrogen) atoms. The van der Waals surface area contributed by atoms with Gasteiger partial charge in [0, 0.05) is 35.5 Å². The lowest BCUT2D eigenvalue weighted by Crippen LogP contribution is -2.32. The van der Waals surface area contributed by atoms with E-state index >= 15 is 0 Å². The number of hydrogen-bond acceptors (Lipinski definition) is 1. The highest BCUT2D eigenvalue weighted by Gasteiger charge is 2.38. The van der Waals surface area contributed by atoms with E-state index in [0.29, 0.717) is 18.4 Å². The lowest BCUT2D eigenvalue weighted by molar-refractivity contribution is -0.119. The van der Waals surface area contributed by atoms with Crippen molar-refractivity contribution in [3.63, 3.8) is 0 Å². The summed E-state index contributed by atoms with van der Waals surface area (Å²) in [6, 6.07) is 6.65. The molecular formula is C13H12N2O. The van der Waals surface area contributed by atoms with Crippen LogP contribution >= 0.6 is 0 Å². The first-order valence-corrected chi connectivity index (χ1v) is 5.71. The Hall–Kier alpha value is -1.77.